The second kappa shape index (κ2) is 13.0. The minimum Gasteiger partial charge on any atom is -0.390 e. The smallest absolute Gasteiger partial charge is 0.0640 e. The Morgan fingerprint density at radius 2 is 2.06 bits per heavy atom. The predicted octanol–water partition coefficient (Wildman–Crippen LogP) is 5.32. The summed E-state index contributed by atoms with van der Waals surface area (Å²) in [5.74, 6) is 1.36. The van der Waals surface area contributed by atoms with Gasteiger partial charge in [0.2, 0.25) is 0 Å². The Labute approximate surface area is 225 Å². The average molecular weight is 522 g/mol. The fourth-order valence-corrected chi connectivity index (χ4v) is 7.48. The van der Waals surface area contributed by atoms with E-state index in [0.29, 0.717) is 35.3 Å². The number of rotatable bonds is 8. The van der Waals surface area contributed by atoms with Crippen molar-refractivity contribution in [1.82, 2.24) is 9.80 Å². The van der Waals surface area contributed by atoms with E-state index in [0.717, 1.165) is 104 Å². The molecule has 2 aliphatic carbocycles. The van der Waals surface area contributed by atoms with Crippen molar-refractivity contribution in [2.24, 2.45) is 23.5 Å². The number of nitrogens with two attached hydrogens (primary N) is 1. The number of piperazine rings is 1. The topological polar surface area (TPSA) is 62.0 Å². The minimum absolute atomic E-state index is 0.317. The van der Waals surface area contributed by atoms with Crippen LogP contribution in [0.3, 0.4) is 0 Å². The Morgan fingerprint density at radius 3 is 2.75 bits per heavy atom. The van der Waals surface area contributed by atoms with E-state index in [1.807, 2.05) is 13.8 Å². The van der Waals surface area contributed by atoms with Crippen LogP contribution in [0.25, 0.3) is 0 Å². The lowest BCUT2D eigenvalue weighted by Crippen LogP contribution is -2.51. The number of alkyl halides is 1. The predicted molar refractivity (Wildman–Crippen MR) is 150 cm³/mol. The Hall–Kier alpha value is -0.590. The standard InChI is InChI=1S/C30H52ClN3O2/c1-22-21-33(17-18-34(22)26-11-9-25(31)10-12-26)16-5-7-27-23(6-4-15-32)14-19-36-29-13-8-24(20-28(27)29)30(2,3)35/h7,11,22-25,28-29,35H,4-6,8-10,12-21,32H2,1-3H3/b27-7+/t22?,23-,24+,25+,28-,29?/m1/s1. The van der Waals surface area contributed by atoms with E-state index >= 15 is 0 Å². The van der Waals surface area contributed by atoms with Crippen LogP contribution in [-0.2, 0) is 4.74 Å². The largest absolute Gasteiger partial charge is 0.390 e. The zero-order valence-electron chi connectivity index (χ0n) is 23.1. The van der Waals surface area contributed by atoms with Crippen LogP contribution in [0.2, 0.25) is 0 Å². The third kappa shape index (κ3) is 7.28. The monoisotopic (exact) mass is 521 g/mol. The first-order valence-electron chi connectivity index (χ1n) is 14.8. The number of fused-ring (bicyclic) bond motifs is 1. The summed E-state index contributed by atoms with van der Waals surface area (Å²) in [4.78, 5) is 5.29. The van der Waals surface area contributed by atoms with Crippen molar-refractivity contribution in [3.8, 4) is 0 Å². The molecule has 6 atom stereocenters. The Kier molecular flexibility index (Phi) is 10.2. The van der Waals surface area contributed by atoms with Gasteiger partial charge in [-0.2, -0.15) is 0 Å². The molecule has 0 aromatic heterocycles. The van der Waals surface area contributed by atoms with Crippen molar-refractivity contribution in [3.05, 3.63) is 23.4 Å². The number of hydrogen-bond donors (Lipinski definition) is 2. The van der Waals surface area contributed by atoms with E-state index in [4.69, 9.17) is 22.1 Å². The molecule has 1 saturated carbocycles. The molecule has 0 amide bonds. The maximum atomic E-state index is 10.8. The zero-order chi connectivity index (χ0) is 25.7. The average Bonchev–Trinajstić information content (AvgIpc) is 3.01. The summed E-state index contributed by atoms with van der Waals surface area (Å²) in [5, 5.41) is 11.1. The molecule has 3 fully saturated rings. The van der Waals surface area contributed by atoms with Crippen molar-refractivity contribution in [3.63, 3.8) is 0 Å². The highest BCUT2D eigenvalue weighted by atomic mass is 35.5. The maximum absolute atomic E-state index is 10.8. The molecular weight excluding hydrogens is 470 g/mol. The summed E-state index contributed by atoms with van der Waals surface area (Å²) in [7, 11) is 0. The van der Waals surface area contributed by atoms with Crippen LogP contribution >= 0.6 is 11.6 Å². The molecule has 2 unspecified atom stereocenters. The molecule has 2 saturated heterocycles. The quantitative estimate of drug-likeness (QED) is 0.334. The van der Waals surface area contributed by atoms with Crippen LogP contribution in [0.1, 0.15) is 85.0 Å². The Balaban J connectivity index is 1.40. The van der Waals surface area contributed by atoms with Crippen LogP contribution in [-0.4, -0.2) is 77.4 Å². The highest BCUT2D eigenvalue weighted by molar-refractivity contribution is 6.20. The highest BCUT2D eigenvalue weighted by Crippen LogP contribution is 2.45. The van der Waals surface area contributed by atoms with E-state index in [2.05, 4.69) is 28.9 Å². The molecule has 2 aliphatic heterocycles. The van der Waals surface area contributed by atoms with Gasteiger partial charge in [0.25, 0.3) is 0 Å². The molecule has 5 nitrogen and oxygen atoms in total. The van der Waals surface area contributed by atoms with Gasteiger partial charge in [0.15, 0.2) is 0 Å². The van der Waals surface area contributed by atoms with E-state index in [1.165, 1.54) is 5.70 Å². The first kappa shape index (κ1) is 28.4. The SMILES string of the molecule is CC1CN(CC/C=C2\[C@H](CCCN)CCOC3CC[C@H](C(C)(C)O)C[C@H]23)CCN1C1=CC[C@H](Cl)CC1. The normalized spacial score (nSPS) is 35.9. The lowest BCUT2D eigenvalue weighted by atomic mass is 9.68. The molecule has 4 rings (SSSR count). The lowest BCUT2D eigenvalue weighted by Gasteiger charge is -2.43. The van der Waals surface area contributed by atoms with Gasteiger partial charge in [0.05, 0.1) is 11.7 Å². The molecule has 6 heteroatoms. The Morgan fingerprint density at radius 1 is 1.22 bits per heavy atom. The van der Waals surface area contributed by atoms with Gasteiger partial charge in [-0.3, -0.25) is 4.90 Å². The Bertz CT molecular complexity index is 764. The van der Waals surface area contributed by atoms with Gasteiger partial charge in [-0.15, -0.1) is 11.6 Å². The summed E-state index contributed by atoms with van der Waals surface area (Å²) < 4.78 is 6.41. The fraction of sp³-hybridized carbons (Fsp3) is 0.867. The minimum atomic E-state index is -0.622. The number of ether oxygens (including phenoxy) is 1. The van der Waals surface area contributed by atoms with E-state index in [9.17, 15) is 5.11 Å². The number of halogens is 1. The molecule has 0 aromatic rings. The first-order chi connectivity index (χ1) is 17.3. The van der Waals surface area contributed by atoms with E-state index in [-0.39, 0.29) is 0 Å². The molecule has 4 aliphatic rings. The molecule has 206 valence electrons. The number of hydrogen-bond acceptors (Lipinski definition) is 5. The van der Waals surface area contributed by atoms with Crippen molar-refractivity contribution >= 4 is 11.6 Å². The van der Waals surface area contributed by atoms with Crippen molar-refractivity contribution in [2.75, 3.05) is 39.3 Å². The van der Waals surface area contributed by atoms with Gasteiger partial charge >= 0.3 is 0 Å². The molecule has 0 radical (unpaired) electrons. The summed E-state index contributed by atoms with van der Waals surface area (Å²) in [6.45, 7) is 12.5. The third-order valence-corrected chi connectivity index (χ3v) is 9.87. The summed E-state index contributed by atoms with van der Waals surface area (Å²) >= 11 is 6.32. The van der Waals surface area contributed by atoms with Gasteiger partial charge in [0, 0.05) is 55.8 Å². The third-order valence-electron chi connectivity index (χ3n) is 9.47. The lowest BCUT2D eigenvalue weighted by molar-refractivity contribution is -0.0541. The van der Waals surface area contributed by atoms with Gasteiger partial charge in [0.1, 0.15) is 0 Å². The second-order valence-corrected chi connectivity index (χ2v) is 13.1. The van der Waals surface area contributed by atoms with Crippen LogP contribution in [0.5, 0.6) is 0 Å². The van der Waals surface area contributed by atoms with Crippen LogP contribution < -0.4 is 5.73 Å². The number of aliphatic hydroxyl groups is 1. The summed E-state index contributed by atoms with van der Waals surface area (Å²) in [5.41, 5.74) is 8.44. The highest BCUT2D eigenvalue weighted by Gasteiger charge is 2.41. The number of allylic oxidation sites excluding steroid dienone is 2. The maximum Gasteiger partial charge on any atom is 0.0640 e. The van der Waals surface area contributed by atoms with E-state index in [1.54, 1.807) is 5.57 Å². The molecule has 3 N–H and O–H groups in total. The summed E-state index contributed by atoms with van der Waals surface area (Å²) in [6, 6.07) is 0.559. The van der Waals surface area contributed by atoms with Gasteiger partial charge in [-0.1, -0.05) is 17.7 Å². The number of nitrogens with zero attached hydrogens (tertiary/aromatic N) is 2. The van der Waals surface area contributed by atoms with Crippen molar-refractivity contribution < 1.29 is 9.84 Å². The summed E-state index contributed by atoms with van der Waals surface area (Å²) in [6.07, 6.45) is 16.2. The zero-order valence-corrected chi connectivity index (χ0v) is 23.9. The van der Waals surface area contributed by atoms with Gasteiger partial charge in [-0.25, -0.2) is 0 Å². The fourth-order valence-electron chi connectivity index (χ4n) is 7.28. The first-order valence-corrected chi connectivity index (χ1v) is 15.3. The molecule has 0 spiro atoms. The molecule has 0 bridgehead atoms. The van der Waals surface area contributed by atoms with Crippen molar-refractivity contribution in [2.45, 2.75) is 108 Å². The van der Waals surface area contributed by atoms with E-state index < -0.39 is 5.60 Å². The van der Waals surface area contributed by atoms with Crippen LogP contribution in [0.15, 0.2) is 23.4 Å². The van der Waals surface area contributed by atoms with Crippen LogP contribution in [0.4, 0.5) is 0 Å². The molecule has 36 heavy (non-hydrogen) atoms. The van der Waals surface area contributed by atoms with Crippen molar-refractivity contribution in [1.29, 1.82) is 0 Å². The molecule has 2 heterocycles. The van der Waals surface area contributed by atoms with Crippen LogP contribution in [0, 0.1) is 17.8 Å². The molecular formula is C30H52ClN3O2. The van der Waals surface area contributed by atoms with Gasteiger partial charge in [-0.05, 0) is 103 Å². The molecule has 0 aromatic carbocycles. The van der Waals surface area contributed by atoms with Gasteiger partial charge < -0.3 is 20.5 Å². The second-order valence-electron chi connectivity index (χ2n) is 12.5.